The molecule has 17 heavy (non-hydrogen) atoms. The van der Waals surface area contributed by atoms with Gasteiger partial charge in [-0.15, -0.1) is 0 Å². The van der Waals surface area contributed by atoms with Crippen molar-refractivity contribution >= 4 is 27.2 Å². The van der Waals surface area contributed by atoms with Gasteiger partial charge < -0.3 is 5.73 Å². The molecule has 0 amide bonds. The van der Waals surface area contributed by atoms with Gasteiger partial charge in [-0.3, -0.25) is 5.10 Å². The number of nitrogens with two attached hydrogens (primary N) is 1. The average molecular weight is 276 g/mol. The Hall–Kier alpha value is -0.990. The maximum Gasteiger partial charge on any atom is 0.244 e. The van der Waals surface area contributed by atoms with Crippen LogP contribution in [0.5, 0.6) is 0 Å². The van der Waals surface area contributed by atoms with Crippen LogP contribution in [0.2, 0.25) is 0 Å². The molecule has 0 saturated heterocycles. The molecule has 1 heterocycles. The van der Waals surface area contributed by atoms with Crippen molar-refractivity contribution in [2.24, 2.45) is 11.7 Å². The molecule has 0 fully saturated rings. The first kappa shape index (κ1) is 14.1. The van der Waals surface area contributed by atoms with E-state index >= 15 is 0 Å². The molecule has 96 valence electrons. The van der Waals surface area contributed by atoms with Gasteiger partial charge in [0.2, 0.25) is 10.0 Å². The maximum atomic E-state index is 12.0. The Bertz CT molecular complexity index is 507. The molecule has 0 radical (unpaired) electrons. The lowest BCUT2D eigenvalue weighted by Gasteiger charge is -2.20. The molecular weight excluding hydrogens is 260 g/mol. The van der Waals surface area contributed by atoms with E-state index in [1.54, 1.807) is 6.92 Å². The summed E-state index contributed by atoms with van der Waals surface area (Å²) in [5, 5.41) is 6.25. The average Bonchev–Trinajstić information content (AvgIpc) is 2.60. The summed E-state index contributed by atoms with van der Waals surface area (Å²) in [7, 11) is -3.65. The van der Waals surface area contributed by atoms with E-state index in [2.05, 4.69) is 14.9 Å². The SMILES string of the molecule is Cc1[nH]ncc1S(=O)(=O)NC(C(N)=S)C(C)C. The third-order valence-electron chi connectivity index (χ3n) is 2.33. The lowest BCUT2D eigenvalue weighted by Crippen LogP contribution is -2.46. The number of H-pyrrole nitrogens is 1. The van der Waals surface area contributed by atoms with Crippen molar-refractivity contribution in [3.63, 3.8) is 0 Å². The molecule has 6 nitrogen and oxygen atoms in total. The number of rotatable bonds is 5. The summed E-state index contributed by atoms with van der Waals surface area (Å²) in [6.07, 6.45) is 1.26. The largest absolute Gasteiger partial charge is 0.392 e. The van der Waals surface area contributed by atoms with Gasteiger partial charge in [0, 0.05) is 0 Å². The molecule has 1 rings (SSSR count). The van der Waals surface area contributed by atoms with E-state index in [4.69, 9.17) is 18.0 Å². The van der Waals surface area contributed by atoms with E-state index in [-0.39, 0.29) is 15.8 Å². The van der Waals surface area contributed by atoms with E-state index in [1.165, 1.54) is 6.20 Å². The Kier molecular flexibility index (Phi) is 4.23. The zero-order valence-corrected chi connectivity index (χ0v) is 11.5. The Labute approximate surface area is 106 Å². The second-order valence-corrected chi connectivity index (χ2v) is 6.26. The van der Waals surface area contributed by atoms with Gasteiger partial charge in [0.25, 0.3) is 0 Å². The first-order valence-electron chi connectivity index (χ1n) is 5.07. The van der Waals surface area contributed by atoms with Gasteiger partial charge in [0.1, 0.15) is 4.90 Å². The first-order valence-corrected chi connectivity index (χ1v) is 6.96. The molecule has 0 spiro atoms. The van der Waals surface area contributed by atoms with E-state index in [0.717, 1.165) is 0 Å². The van der Waals surface area contributed by atoms with E-state index in [1.807, 2.05) is 13.8 Å². The second-order valence-electron chi connectivity index (χ2n) is 4.10. The fourth-order valence-corrected chi connectivity index (χ4v) is 3.27. The minimum atomic E-state index is -3.65. The van der Waals surface area contributed by atoms with Gasteiger partial charge in [0.15, 0.2) is 0 Å². The van der Waals surface area contributed by atoms with Crippen molar-refractivity contribution in [3.05, 3.63) is 11.9 Å². The highest BCUT2D eigenvalue weighted by Crippen LogP contribution is 2.13. The zero-order chi connectivity index (χ0) is 13.2. The van der Waals surface area contributed by atoms with Crippen LogP contribution in [-0.2, 0) is 10.0 Å². The van der Waals surface area contributed by atoms with Gasteiger partial charge in [-0.05, 0) is 12.8 Å². The highest BCUT2D eigenvalue weighted by Gasteiger charge is 2.26. The molecule has 0 aliphatic heterocycles. The van der Waals surface area contributed by atoms with Crippen LogP contribution in [-0.4, -0.2) is 29.6 Å². The van der Waals surface area contributed by atoms with Crippen molar-refractivity contribution < 1.29 is 8.42 Å². The number of nitrogens with one attached hydrogen (secondary N) is 2. The summed E-state index contributed by atoms with van der Waals surface area (Å²) in [6.45, 7) is 5.32. The monoisotopic (exact) mass is 276 g/mol. The third-order valence-corrected chi connectivity index (χ3v) is 4.14. The van der Waals surface area contributed by atoms with Crippen molar-refractivity contribution in [2.45, 2.75) is 31.7 Å². The summed E-state index contributed by atoms with van der Waals surface area (Å²) in [6, 6.07) is -0.565. The smallest absolute Gasteiger partial charge is 0.244 e. The quantitative estimate of drug-likeness (QED) is 0.672. The van der Waals surface area contributed by atoms with Gasteiger partial charge >= 0.3 is 0 Å². The molecule has 0 aliphatic carbocycles. The Morgan fingerprint density at radius 3 is 2.53 bits per heavy atom. The van der Waals surface area contributed by atoms with Crippen LogP contribution in [0.25, 0.3) is 0 Å². The third kappa shape index (κ3) is 3.24. The molecule has 1 aromatic rings. The summed E-state index contributed by atoms with van der Waals surface area (Å²) in [5.41, 5.74) is 5.99. The number of hydrogen-bond donors (Lipinski definition) is 3. The van der Waals surface area contributed by atoms with Crippen molar-refractivity contribution in [1.29, 1.82) is 0 Å². The minimum absolute atomic E-state index is 0.0190. The standard InChI is InChI=1S/C9H16N4O2S2/c1-5(2)8(9(10)16)13-17(14,15)7-4-11-12-6(7)3/h4-5,8,13H,1-3H3,(H2,10,16)(H,11,12). The zero-order valence-electron chi connectivity index (χ0n) is 9.89. The molecular formula is C9H16N4O2S2. The van der Waals surface area contributed by atoms with E-state index in [0.29, 0.717) is 5.69 Å². The Morgan fingerprint density at radius 2 is 2.18 bits per heavy atom. The highest BCUT2D eigenvalue weighted by molar-refractivity contribution is 7.89. The van der Waals surface area contributed by atoms with Gasteiger partial charge in [-0.2, -0.15) is 5.10 Å². The molecule has 0 aromatic carbocycles. The number of aromatic nitrogens is 2. The van der Waals surface area contributed by atoms with Crippen LogP contribution >= 0.6 is 12.2 Å². The number of hydrogen-bond acceptors (Lipinski definition) is 4. The van der Waals surface area contributed by atoms with Crippen molar-refractivity contribution in [1.82, 2.24) is 14.9 Å². The summed E-state index contributed by atoms with van der Waals surface area (Å²) in [4.78, 5) is 0.240. The number of sulfonamides is 1. The van der Waals surface area contributed by atoms with Crippen LogP contribution in [0.1, 0.15) is 19.5 Å². The summed E-state index contributed by atoms with van der Waals surface area (Å²) >= 11 is 4.85. The molecule has 8 heteroatoms. The van der Waals surface area contributed by atoms with Crippen LogP contribution in [0.4, 0.5) is 0 Å². The topological polar surface area (TPSA) is 101 Å². The maximum absolute atomic E-state index is 12.0. The van der Waals surface area contributed by atoms with Crippen molar-refractivity contribution in [3.8, 4) is 0 Å². The highest BCUT2D eigenvalue weighted by atomic mass is 32.2. The van der Waals surface area contributed by atoms with Gasteiger partial charge in [-0.1, -0.05) is 26.1 Å². The number of aromatic amines is 1. The number of thiocarbonyl (C=S) groups is 1. The molecule has 0 aliphatic rings. The summed E-state index contributed by atoms with van der Waals surface area (Å²) in [5.74, 6) is -0.0190. The molecule has 1 atom stereocenters. The van der Waals surface area contributed by atoms with Crippen LogP contribution < -0.4 is 10.5 Å². The minimum Gasteiger partial charge on any atom is -0.392 e. The lowest BCUT2D eigenvalue weighted by atomic mass is 10.1. The molecule has 1 unspecified atom stereocenters. The predicted molar refractivity (Wildman–Crippen MR) is 69.1 cm³/mol. The normalized spacial score (nSPS) is 13.9. The molecule has 0 bridgehead atoms. The van der Waals surface area contributed by atoms with E-state index < -0.39 is 16.1 Å². The molecule has 4 N–H and O–H groups in total. The first-order chi connectivity index (χ1) is 7.75. The predicted octanol–water partition coefficient (Wildman–Crippen LogP) is 0.307. The van der Waals surface area contributed by atoms with Gasteiger partial charge in [-0.25, -0.2) is 13.1 Å². The fourth-order valence-electron chi connectivity index (χ4n) is 1.36. The number of nitrogens with zero attached hydrogens (tertiary/aromatic N) is 1. The van der Waals surface area contributed by atoms with Crippen molar-refractivity contribution in [2.75, 3.05) is 0 Å². The van der Waals surface area contributed by atoms with E-state index in [9.17, 15) is 8.42 Å². The van der Waals surface area contributed by atoms with Gasteiger partial charge in [0.05, 0.1) is 22.9 Å². The van der Waals surface area contributed by atoms with Crippen LogP contribution in [0.15, 0.2) is 11.1 Å². The van der Waals surface area contributed by atoms with Crippen LogP contribution in [0.3, 0.4) is 0 Å². The Morgan fingerprint density at radius 1 is 1.59 bits per heavy atom. The Balaban J connectivity index is 3.01. The van der Waals surface area contributed by atoms with Crippen LogP contribution in [0, 0.1) is 12.8 Å². The fraction of sp³-hybridized carbons (Fsp3) is 0.556. The lowest BCUT2D eigenvalue weighted by molar-refractivity contribution is 0.526. The summed E-state index contributed by atoms with van der Waals surface area (Å²) < 4.78 is 26.6. The molecule has 0 saturated carbocycles. The molecule has 1 aromatic heterocycles. The number of aryl methyl sites for hydroxylation is 1. The second kappa shape index (κ2) is 5.11.